The van der Waals surface area contributed by atoms with Crippen LogP contribution in [0.4, 0.5) is 0 Å². The van der Waals surface area contributed by atoms with E-state index in [9.17, 15) is 8.42 Å². The third-order valence-electron chi connectivity index (χ3n) is 2.47. The molecule has 4 nitrogen and oxygen atoms in total. The summed E-state index contributed by atoms with van der Waals surface area (Å²) in [4.78, 5) is 0. The molecule has 0 saturated carbocycles. The van der Waals surface area contributed by atoms with E-state index in [0.717, 1.165) is 5.56 Å². The summed E-state index contributed by atoms with van der Waals surface area (Å²) in [7, 11) is -3.38. The van der Waals surface area contributed by atoms with Crippen molar-refractivity contribution in [2.75, 3.05) is 0 Å². The molecule has 0 aliphatic rings. The van der Waals surface area contributed by atoms with Crippen LogP contribution >= 0.6 is 11.3 Å². The molecule has 1 aromatic heterocycles. The van der Waals surface area contributed by atoms with Crippen LogP contribution in [0.1, 0.15) is 26.3 Å². The van der Waals surface area contributed by atoms with Gasteiger partial charge >= 0.3 is 0 Å². The monoisotopic (exact) mass is 262 g/mol. The summed E-state index contributed by atoms with van der Waals surface area (Å²) in [6.07, 6.45) is 0. The fourth-order valence-corrected chi connectivity index (χ4v) is 3.67. The van der Waals surface area contributed by atoms with Gasteiger partial charge in [0.15, 0.2) is 0 Å². The zero-order valence-electron chi connectivity index (χ0n) is 9.73. The Morgan fingerprint density at radius 2 is 2.06 bits per heavy atom. The van der Waals surface area contributed by atoms with Gasteiger partial charge in [-0.1, -0.05) is 13.8 Å². The van der Waals surface area contributed by atoms with Crippen molar-refractivity contribution in [1.29, 1.82) is 0 Å². The number of hydrogen-bond donors (Lipinski definition) is 2. The third kappa shape index (κ3) is 3.28. The highest BCUT2D eigenvalue weighted by Gasteiger charge is 2.20. The van der Waals surface area contributed by atoms with Crippen LogP contribution in [-0.4, -0.2) is 14.5 Å². The SMILES string of the molecule is CC(C)C(C)NS(=O)(=O)c1cc(CN)cs1. The molecular weight excluding hydrogens is 244 g/mol. The summed E-state index contributed by atoms with van der Waals surface area (Å²) in [5.41, 5.74) is 6.30. The summed E-state index contributed by atoms with van der Waals surface area (Å²) < 4.78 is 26.9. The van der Waals surface area contributed by atoms with Gasteiger partial charge < -0.3 is 5.73 Å². The zero-order chi connectivity index (χ0) is 12.3. The van der Waals surface area contributed by atoms with Gasteiger partial charge in [-0.3, -0.25) is 0 Å². The molecule has 0 fully saturated rings. The van der Waals surface area contributed by atoms with Crippen LogP contribution in [0.25, 0.3) is 0 Å². The molecule has 0 aromatic carbocycles. The molecule has 6 heteroatoms. The van der Waals surface area contributed by atoms with Crippen LogP contribution in [0.5, 0.6) is 0 Å². The summed E-state index contributed by atoms with van der Waals surface area (Å²) in [5.74, 6) is 0.267. The minimum Gasteiger partial charge on any atom is -0.326 e. The van der Waals surface area contributed by atoms with Gasteiger partial charge in [0, 0.05) is 12.6 Å². The lowest BCUT2D eigenvalue weighted by Gasteiger charge is -2.16. The second-order valence-electron chi connectivity index (χ2n) is 4.13. The predicted molar refractivity (Wildman–Crippen MR) is 66.8 cm³/mol. The smallest absolute Gasteiger partial charge is 0.250 e. The molecule has 0 radical (unpaired) electrons. The predicted octanol–water partition coefficient (Wildman–Crippen LogP) is 1.53. The Bertz CT molecular complexity index is 437. The number of rotatable bonds is 5. The molecule has 92 valence electrons. The molecular formula is C10H18N2O2S2. The third-order valence-corrected chi connectivity index (χ3v) is 5.52. The highest BCUT2D eigenvalue weighted by atomic mass is 32.2. The summed E-state index contributed by atoms with van der Waals surface area (Å²) >= 11 is 1.20. The number of nitrogens with two attached hydrogens (primary N) is 1. The van der Waals surface area contributed by atoms with Crippen molar-refractivity contribution in [3.8, 4) is 0 Å². The highest BCUT2D eigenvalue weighted by Crippen LogP contribution is 2.20. The van der Waals surface area contributed by atoms with Crippen LogP contribution < -0.4 is 10.5 Å². The van der Waals surface area contributed by atoms with Gasteiger partial charge in [-0.05, 0) is 29.9 Å². The van der Waals surface area contributed by atoms with Crippen molar-refractivity contribution in [2.24, 2.45) is 11.7 Å². The average Bonchev–Trinajstić information content (AvgIpc) is 2.65. The summed E-state index contributed by atoms with van der Waals surface area (Å²) in [6, 6.07) is 1.55. The lowest BCUT2D eigenvalue weighted by atomic mass is 10.1. The number of nitrogens with one attached hydrogen (secondary N) is 1. The van der Waals surface area contributed by atoms with Crippen LogP contribution in [0, 0.1) is 5.92 Å². The first-order valence-corrected chi connectivity index (χ1v) is 7.53. The van der Waals surface area contributed by atoms with E-state index in [2.05, 4.69) is 4.72 Å². The van der Waals surface area contributed by atoms with Crippen molar-refractivity contribution in [1.82, 2.24) is 4.72 Å². The van der Waals surface area contributed by atoms with Crippen molar-refractivity contribution in [3.63, 3.8) is 0 Å². The Morgan fingerprint density at radius 3 is 2.50 bits per heavy atom. The summed E-state index contributed by atoms with van der Waals surface area (Å²) in [6.45, 7) is 6.19. The first-order chi connectivity index (χ1) is 7.36. The first kappa shape index (κ1) is 13.6. The van der Waals surface area contributed by atoms with Crippen LogP contribution in [0.3, 0.4) is 0 Å². The molecule has 1 aromatic rings. The minimum absolute atomic E-state index is 0.0755. The lowest BCUT2D eigenvalue weighted by Crippen LogP contribution is -2.35. The molecule has 1 heterocycles. The van der Waals surface area contributed by atoms with E-state index in [1.807, 2.05) is 20.8 Å². The van der Waals surface area contributed by atoms with E-state index in [-0.39, 0.29) is 12.0 Å². The molecule has 1 atom stereocenters. The van der Waals surface area contributed by atoms with E-state index in [0.29, 0.717) is 10.8 Å². The molecule has 1 rings (SSSR count). The summed E-state index contributed by atoms with van der Waals surface area (Å²) in [5, 5.41) is 1.77. The van der Waals surface area contributed by atoms with Gasteiger partial charge in [0.1, 0.15) is 4.21 Å². The van der Waals surface area contributed by atoms with Gasteiger partial charge in [0.05, 0.1) is 0 Å². The highest BCUT2D eigenvalue weighted by molar-refractivity contribution is 7.91. The molecule has 0 amide bonds. The lowest BCUT2D eigenvalue weighted by molar-refractivity contribution is 0.477. The first-order valence-electron chi connectivity index (χ1n) is 5.16. The molecule has 0 aliphatic heterocycles. The molecule has 0 bridgehead atoms. The Balaban J connectivity index is 2.86. The van der Waals surface area contributed by atoms with E-state index >= 15 is 0 Å². The Hall–Kier alpha value is -0.430. The Morgan fingerprint density at radius 1 is 1.44 bits per heavy atom. The van der Waals surface area contributed by atoms with Crippen LogP contribution in [0.2, 0.25) is 0 Å². The van der Waals surface area contributed by atoms with Gasteiger partial charge in [-0.2, -0.15) is 0 Å². The quantitative estimate of drug-likeness (QED) is 0.845. The second-order valence-corrected chi connectivity index (χ2v) is 6.98. The molecule has 1 unspecified atom stereocenters. The van der Waals surface area contributed by atoms with Crippen LogP contribution in [-0.2, 0) is 16.6 Å². The standard InChI is InChI=1S/C10H18N2O2S2/c1-7(2)8(3)12-16(13,14)10-4-9(5-11)6-15-10/h4,6-8,12H,5,11H2,1-3H3. The maximum atomic E-state index is 11.9. The second kappa shape index (κ2) is 5.27. The van der Waals surface area contributed by atoms with E-state index in [4.69, 9.17) is 5.73 Å². The Labute approximate surface area is 101 Å². The van der Waals surface area contributed by atoms with Crippen LogP contribution in [0.15, 0.2) is 15.7 Å². The average molecular weight is 262 g/mol. The number of thiophene rings is 1. The maximum Gasteiger partial charge on any atom is 0.250 e. The van der Waals surface area contributed by atoms with E-state index < -0.39 is 10.0 Å². The fraction of sp³-hybridized carbons (Fsp3) is 0.600. The van der Waals surface area contributed by atoms with Crippen molar-refractivity contribution in [3.05, 3.63) is 17.0 Å². The number of sulfonamides is 1. The van der Waals surface area contributed by atoms with Crippen molar-refractivity contribution >= 4 is 21.4 Å². The molecule has 0 aliphatic carbocycles. The largest absolute Gasteiger partial charge is 0.326 e. The normalized spacial score (nSPS) is 14.3. The van der Waals surface area contributed by atoms with E-state index in [1.54, 1.807) is 11.4 Å². The zero-order valence-corrected chi connectivity index (χ0v) is 11.4. The van der Waals surface area contributed by atoms with Gasteiger partial charge in [-0.15, -0.1) is 11.3 Å². The van der Waals surface area contributed by atoms with Gasteiger partial charge in [-0.25, -0.2) is 13.1 Å². The molecule has 0 saturated heterocycles. The minimum atomic E-state index is -3.38. The Kier molecular flexibility index (Phi) is 4.49. The van der Waals surface area contributed by atoms with E-state index in [1.165, 1.54) is 11.3 Å². The molecule has 16 heavy (non-hydrogen) atoms. The molecule has 3 N–H and O–H groups in total. The van der Waals surface area contributed by atoms with Crippen molar-refractivity contribution in [2.45, 2.75) is 37.6 Å². The van der Waals surface area contributed by atoms with Gasteiger partial charge in [0.25, 0.3) is 0 Å². The van der Waals surface area contributed by atoms with Crippen molar-refractivity contribution < 1.29 is 8.42 Å². The maximum absolute atomic E-state index is 11.9. The molecule has 0 spiro atoms. The fourth-order valence-electron chi connectivity index (χ4n) is 1.04. The topological polar surface area (TPSA) is 72.2 Å². The van der Waals surface area contributed by atoms with Gasteiger partial charge in [0.2, 0.25) is 10.0 Å². The number of hydrogen-bond acceptors (Lipinski definition) is 4.